The Bertz CT molecular complexity index is 895. The first-order chi connectivity index (χ1) is 11.5. The van der Waals surface area contributed by atoms with Gasteiger partial charge < -0.3 is 5.32 Å². The standard InChI is InChI=1S/C19H14F2N2O/c1-12-15(8-10-17(22-12)13-5-3-2-4-6-13)19(24)23-18-9-7-14(20)11-16(18)21/h2-11H,1H3,(H,23,24). The zero-order chi connectivity index (χ0) is 17.1. The lowest BCUT2D eigenvalue weighted by atomic mass is 10.1. The molecule has 0 saturated heterocycles. The lowest BCUT2D eigenvalue weighted by molar-refractivity contribution is 0.102. The fourth-order valence-corrected chi connectivity index (χ4v) is 2.35. The van der Waals surface area contributed by atoms with Crippen molar-refractivity contribution in [1.82, 2.24) is 4.98 Å². The number of nitrogens with zero attached hydrogens (tertiary/aromatic N) is 1. The molecule has 2 aromatic carbocycles. The van der Waals surface area contributed by atoms with Gasteiger partial charge in [0.15, 0.2) is 0 Å². The van der Waals surface area contributed by atoms with Gasteiger partial charge in [0.2, 0.25) is 0 Å². The molecular formula is C19H14F2N2O. The van der Waals surface area contributed by atoms with Crippen LogP contribution in [0.3, 0.4) is 0 Å². The number of pyridine rings is 1. The maximum absolute atomic E-state index is 13.6. The predicted octanol–water partition coefficient (Wildman–Crippen LogP) is 4.59. The second-order valence-electron chi connectivity index (χ2n) is 5.27. The van der Waals surface area contributed by atoms with E-state index in [1.165, 1.54) is 6.07 Å². The van der Waals surface area contributed by atoms with Crippen LogP contribution in [0.15, 0.2) is 60.7 Å². The predicted molar refractivity (Wildman–Crippen MR) is 88.7 cm³/mol. The Morgan fingerprint density at radius 2 is 1.75 bits per heavy atom. The Kier molecular flexibility index (Phi) is 4.33. The van der Waals surface area contributed by atoms with Gasteiger partial charge in [-0.3, -0.25) is 9.78 Å². The lowest BCUT2D eigenvalue weighted by Gasteiger charge is -2.10. The minimum absolute atomic E-state index is 0.0760. The fraction of sp³-hybridized carbons (Fsp3) is 0.0526. The van der Waals surface area contributed by atoms with Crippen LogP contribution >= 0.6 is 0 Å². The van der Waals surface area contributed by atoms with Gasteiger partial charge in [0.1, 0.15) is 11.6 Å². The molecule has 0 aliphatic rings. The van der Waals surface area contributed by atoms with Gasteiger partial charge in [-0.1, -0.05) is 30.3 Å². The van der Waals surface area contributed by atoms with E-state index in [0.29, 0.717) is 11.3 Å². The molecule has 0 saturated carbocycles. The van der Waals surface area contributed by atoms with Crippen LogP contribution in [0.25, 0.3) is 11.3 Å². The third-order valence-electron chi connectivity index (χ3n) is 3.58. The van der Waals surface area contributed by atoms with Crippen molar-refractivity contribution in [3.05, 3.63) is 83.6 Å². The van der Waals surface area contributed by atoms with Crippen molar-refractivity contribution in [3.8, 4) is 11.3 Å². The monoisotopic (exact) mass is 324 g/mol. The third kappa shape index (κ3) is 3.30. The van der Waals surface area contributed by atoms with E-state index in [9.17, 15) is 13.6 Å². The van der Waals surface area contributed by atoms with E-state index >= 15 is 0 Å². The van der Waals surface area contributed by atoms with E-state index in [4.69, 9.17) is 0 Å². The summed E-state index contributed by atoms with van der Waals surface area (Å²) >= 11 is 0. The van der Waals surface area contributed by atoms with Crippen LogP contribution in [-0.4, -0.2) is 10.9 Å². The number of carbonyl (C=O) groups is 1. The minimum Gasteiger partial charge on any atom is -0.319 e. The molecule has 1 heterocycles. The number of hydrogen-bond donors (Lipinski definition) is 1. The topological polar surface area (TPSA) is 42.0 Å². The lowest BCUT2D eigenvalue weighted by Crippen LogP contribution is -2.15. The van der Waals surface area contributed by atoms with Gasteiger partial charge in [0.05, 0.1) is 22.6 Å². The summed E-state index contributed by atoms with van der Waals surface area (Å²) in [4.78, 5) is 16.7. The molecule has 1 aromatic heterocycles. The van der Waals surface area contributed by atoms with E-state index in [0.717, 1.165) is 23.4 Å². The van der Waals surface area contributed by atoms with Gasteiger partial charge in [0.25, 0.3) is 5.91 Å². The summed E-state index contributed by atoms with van der Waals surface area (Å²) in [5.74, 6) is -2.02. The number of nitrogens with one attached hydrogen (secondary N) is 1. The SMILES string of the molecule is Cc1nc(-c2ccccc2)ccc1C(=O)Nc1ccc(F)cc1F. The van der Waals surface area contributed by atoms with E-state index in [2.05, 4.69) is 10.3 Å². The zero-order valence-corrected chi connectivity index (χ0v) is 12.9. The summed E-state index contributed by atoms with van der Waals surface area (Å²) in [6, 6.07) is 15.9. The number of hydrogen-bond acceptors (Lipinski definition) is 2. The van der Waals surface area contributed by atoms with Crippen LogP contribution in [0.4, 0.5) is 14.5 Å². The number of carbonyl (C=O) groups excluding carboxylic acids is 1. The van der Waals surface area contributed by atoms with Gasteiger partial charge >= 0.3 is 0 Å². The van der Waals surface area contributed by atoms with Crippen LogP contribution < -0.4 is 5.32 Å². The zero-order valence-electron chi connectivity index (χ0n) is 12.9. The van der Waals surface area contributed by atoms with Gasteiger partial charge in [-0.05, 0) is 31.2 Å². The molecule has 3 nitrogen and oxygen atoms in total. The van der Waals surface area contributed by atoms with Crippen molar-refractivity contribution < 1.29 is 13.6 Å². The molecular weight excluding hydrogens is 310 g/mol. The summed E-state index contributed by atoms with van der Waals surface area (Å²) in [5, 5.41) is 2.43. The summed E-state index contributed by atoms with van der Waals surface area (Å²) in [7, 11) is 0. The quantitative estimate of drug-likeness (QED) is 0.766. The van der Waals surface area contributed by atoms with Crippen molar-refractivity contribution in [3.63, 3.8) is 0 Å². The minimum atomic E-state index is -0.824. The van der Waals surface area contributed by atoms with Crippen LogP contribution in [0.5, 0.6) is 0 Å². The summed E-state index contributed by atoms with van der Waals surface area (Å²) < 4.78 is 26.6. The molecule has 0 aliphatic heterocycles. The van der Waals surface area contributed by atoms with Gasteiger partial charge in [0, 0.05) is 11.6 Å². The first-order valence-electron chi connectivity index (χ1n) is 7.34. The fourth-order valence-electron chi connectivity index (χ4n) is 2.35. The Morgan fingerprint density at radius 3 is 2.42 bits per heavy atom. The molecule has 1 amide bonds. The van der Waals surface area contributed by atoms with E-state index in [1.54, 1.807) is 19.1 Å². The molecule has 0 radical (unpaired) electrons. The molecule has 0 aliphatic carbocycles. The number of aryl methyl sites for hydroxylation is 1. The van der Waals surface area contributed by atoms with Crippen LogP contribution in [0.2, 0.25) is 0 Å². The van der Waals surface area contributed by atoms with Crippen molar-refractivity contribution in [1.29, 1.82) is 0 Å². The third-order valence-corrected chi connectivity index (χ3v) is 3.58. The van der Waals surface area contributed by atoms with Gasteiger partial charge in [-0.25, -0.2) is 8.78 Å². The molecule has 0 atom stereocenters. The second kappa shape index (κ2) is 6.58. The average Bonchev–Trinajstić information content (AvgIpc) is 2.58. The smallest absolute Gasteiger partial charge is 0.257 e. The van der Waals surface area contributed by atoms with Crippen molar-refractivity contribution >= 4 is 11.6 Å². The highest BCUT2D eigenvalue weighted by molar-refractivity contribution is 6.05. The Labute approximate surface area is 138 Å². The summed E-state index contributed by atoms with van der Waals surface area (Å²) in [5.41, 5.74) is 2.47. The molecule has 3 aromatic rings. The van der Waals surface area contributed by atoms with Crippen molar-refractivity contribution in [2.75, 3.05) is 5.32 Å². The van der Waals surface area contributed by atoms with Crippen molar-refractivity contribution in [2.45, 2.75) is 6.92 Å². The second-order valence-corrected chi connectivity index (χ2v) is 5.27. The summed E-state index contributed by atoms with van der Waals surface area (Å²) in [6.45, 7) is 1.71. The maximum atomic E-state index is 13.6. The molecule has 1 N–H and O–H groups in total. The molecule has 0 bridgehead atoms. The Hall–Kier alpha value is -3.08. The van der Waals surface area contributed by atoms with Crippen LogP contribution in [0, 0.1) is 18.6 Å². The Balaban J connectivity index is 1.85. The Morgan fingerprint density at radius 1 is 1.00 bits per heavy atom. The van der Waals surface area contributed by atoms with Crippen LogP contribution in [-0.2, 0) is 0 Å². The first kappa shape index (κ1) is 15.8. The van der Waals surface area contributed by atoms with Crippen molar-refractivity contribution in [2.24, 2.45) is 0 Å². The highest BCUT2D eigenvalue weighted by atomic mass is 19.1. The maximum Gasteiger partial charge on any atom is 0.257 e. The molecule has 0 unspecified atom stereocenters. The molecule has 120 valence electrons. The molecule has 0 fully saturated rings. The number of anilines is 1. The van der Waals surface area contributed by atoms with Gasteiger partial charge in [-0.15, -0.1) is 0 Å². The average molecular weight is 324 g/mol. The van der Waals surface area contributed by atoms with E-state index in [1.807, 2.05) is 30.3 Å². The highest BCUT2D eigenvalue weighted by Gasteiger charge is 2.14. The van der Waals surface area contributed by atoms with Crippen LogP contribution in [0.1, 0.15) is 16.1 Å². The molecule has 0 spiro atoms. The number of aromatic nitrogens is 1. The molecule has 24 heavy (non-hydrogen) atoms. The molecule has 3 rings (SSSR count). The van der Waals surface area contributed by atoms with E-state index < -0.39 is 17.5 Å². The number of benzene rings is 2. The number of rotatable bonds is 3. The number of amides is 1. The van der Waals surface area contributed by atoms with Gasteiger partial charge in [-0.2, -0.15) is 0 Å². The first-order valence-corrected chi connectivity index (χ1v) is 7.34. The largest absolute Gasteiger partial charge is 0.319 e. The molecule has 5 heteroatoms. The highest BCUT2D eigenvalue weighted by Crippen LogP contribution is 2.20. The number of halogens is 2. The normalized spacial score (nSPS) is 10.5. The summed E-state index contributed by atoms with van der Waals surface area (Å²) in [6.07, 6.45) is 0. The van der Waals surface area contributed by atoms with E-state index in [-0.39, 0.29) is 5.69 Å².